The summed E-state index contributed by atoms with van der Waals surface area (Å²) in [5.74, 6) is 0.351. The van der Waals surface area contributed by atoms with Gasteiger partial charge in [0, 0.05) is 18.2 Å². The molecule has 1 aliphatic heterocycles. The fourth-order valence-corrected chi connectivity index (χ4v) is 4.48. The molecule has 1 heterocycles. The molecular formula is C22H24N2O6S. The van der Waals surface area contributed by atoms with Crippen LogP contribution in [0.5, 0.6) is 11.5 Å². The highest BCUT2D eigenvalue weighted by molar-refractivity contribution is 7.92. The molecule has 0 amide bonds. The first-order valence-electron chi connectivity index (χ1n) is 10.3. The number of nitrogens with zero attached hydrogens (tertiary/aromatic N) is 1. The molecule has 31 heavy (non-hydrogen) atoms. The van der Waals surface area contributed by atoms with Gasteiger partial charge in [-0.25, -0.2) is 13.2 Å². The van der Waals surface area contributed by atoms with Crippen LogP contribution in [0, 0.1) is 0 Å². The van der Waals surface area contributed by atoms with Crippen molar-refractivity contribution in [2.24, 2.45) is 5.16 Å². The SMILES string of the molecule is O=C(ON=C1CCCCC1)c1ccc(NS(=O)(=O)c2ccc3c(c2)OCCCO3)cc1. The second kappa shape index (κ2) is 9.38. The molecule has 164 valence electrons. The van der Waals surface area contributed by atoms with Crippen LogP contribution in [0.2, 0.25) is 0 Å². The number of anilines is 1. The Bertz CT molecular complexity index is 1070. The second-order valence-electron chi connectivity index (χ2n) is 7.44. The second-order valence-corrected chi connectivity index (χ2v) is 9.12. The third-order valence-corrected chi connectivity index (χ3v) is 6.47. The summed E-state index contributed by atoms with van der Waals surface area (Å²) in [7, 11) is -3.84. The van der Waals surface area contributed by atoms with Crippen molar-refractivity contribution < 1.29 is 27.5 Å². The van der Waals surface area contributed by atoms with Crippen molar-refractivity contribution in [3.8, 4) is 11.5 Å². The summed E-state index contributed by atoms with van der Waals surface area (Å²) < 4.78 is 39.1. The van der Waals surface area contributed by atoms with Crippen LogP contribution in [0.25, 0.3) is 0 Å². The third-order valence-electron chi connectivity index (χ3n) is 5.09. The molecule has 0 spiro atoms. The highest BCUT2D eigenvalue weighted by Gasteiger charge is 2.19. The minimum Gasteiger partial charge on any atom is -0.490 e. The maximum atomic E-state index is 12.8. The molecule has 2 aromatic rings. The monoisotopic (exact) mass is 444 g/mol. The van der Waals surface area contributed by atoms with Crippen molar-refractivity contribution in [1.82, 2.24) is 0 Å². The first kappa shape index (κ1) is 21.2. The Morgan fingerprint density at radius 3 is 2.35 bits per heavy atom. The Balaban J connectivity index is 1.42. The summed E-state index contributed by atoms with van der Waals surface area (Å²) in [6.45, 7) is 0.992. The standard InChI is InChI=1S/C22H24N2O6S/c25-22(30-23-17-5-2-1-3-6-17)16-7-9-18(10-8-16)24-31(26,27)19-11-12-20-21(15-19)29-14-4-13-28-20/h7-12,15,24H,1-6,13-14H2. The Hall–Kier alpha value is -3.07. The van der Waals surface area contributed by atoms with Gasteiger partial charge < -0.3 is 14.3 Å². The lowest BCUT2D eigenvalue weighted by molar-refractivity contribution is 0.0513. The first-order chi connectivity index (χ1) is 15.0. The van der Waals surface area contributed by atoms with E-state index in [4.69, 9.17) is 14.3 Å². The predicted octanol–water partition coefficient (Wildman–Crippen LogP) is 4.13. The highest BCUT2D eigenvalue weighted by Crippen LogP contribution is 2.32. The molecule has 0 saturated heterocycles. The molecule has 0 bridgehead atoms. The van der Waals surface area contributed by atoms with E-state index in [0.29, 0.717) is 36.0 Å². The van der Waals surface area contributed by atoms with E-state index in [9.17, 15) is 13.2 Å². The molecule has 0 radical (unpaired) electrons. The molecule has 1 saturated carbocycles. The molecule has 0 aromatic heterocycles. The van der Waals surface area contributed by atoms with Crippen molar-refractivity contribution in [2.45, 2.75) is 43.4 Å². The number of hydrogen-bond acceptors (Lipinski definition) is 7. The van der Waals surface area contributed by atoms with Crippen molar-refractivity contribution >= 4 is 27.4 Å². The van der Waals surface area contributed by atoms with Crippen LogP contribution < -0.4 is 14.2 Å². The van der Waals surface area contributed by atoms with E-state index in [0.717, 1.165) is 37.8 Å². The van der Waals surface area contributed by atoms with Crippen LogP contribution in [-0.4, -0.2) is 33.3 Å². The fourth-order valence-electron chi connectivity index (χ4n) is 3.41. The quantitative estimate of drug-likeness (QED) is 0.549. The fraction of sp³-hybridized carbons (Fsp3) is 0.364. The number of sulfonamides is 1. The topological polar surface area (TPSA) is 103 Å². The van der Waals surface area contributed by atoms with E-state index in [1.54, 1.807) is 6.07 Å². The highest BCUT2D eigenvalue weighted by atomic mass is 32.2. The molecule has 8 nitrogen and oxygen atoms in total. The lowest BCUT2D eigenvalue weighted by Crippen LogP contribution is -2.13. The van der Waals surface area contributed by atoms with Gasteiger partial charge >= 0.3 is 5.97 Å². The third kappa shape index (κ3) is 5.35. The number of carbonyl (C=O) groups is 1. The van der Waals surface area contributed by atoms with Crippen molar-refractivity contribution in [1.29, 1.82) is 0 Å². The lowest BCUT2D eigenvalue weighted by Gasteiger charge is -2.12. The number of carbonyl (C=O) groups excluding carboxylic acids is 1. The van der Waals surface area contributed by atoms with Crippen LogP contribution in [0.1, 0.15) is 48.9 Å². The van der Waals surface area contributed by atoms with Gasteiger partial charge in [-0.3, -0.25) is 4.72 Å². The van der Waals surface area contributed by atoms with E-state index in [2.05, 4.69) is 9.88 Å². The lowest BCUT2D eigenvalue weighted by atomic mass is 9.99. The molecule has 2 aliphatic rings. The summed E-state index contributed by atoms with van der Waals surface area (Å²) in [6.07, 6.45) is 5.75. The molecule has 1 aliphatic carbocycles. The number of fused-ring (bicyclic) bond motifs is 1. The number of ether oxygens (including phenoxy) is 2. The maximum Gasteiger partial charge on any atom is 0.365 e. The maximum absolute atomic E-state index is 12.8. The van der Waals surface area contributed by atoms with Crippen LogP contribution in [0.4, 0.5) is 5.69 Å². The van der Waals surface area contributed by atoms with Crippen LogP contribution in [0.15, 0.2) is 52.5 Å². The largest absolute Gasteiger partial charge is 0.490 e. The van der Waals surface area contributed by atoms with Gasteiger partial charge in [-0.05, 0) is 62.1 Å². The number of oxime groups is 1. The smallest absolute Gasteiger partial charge is 0.365 e. The van der Waals surface area contributed by atoms with Crippen molar-refractivity contribution in [3.05, 3.63) is 48.0 Å². The Morgan fingerprint density at radius 2 is 1.61 bits per heavy atom. The van der Waals surface area contributed by atoms with E-state index in [1.807, 2.05) is 0 Å². The number of nitrogens with one attached hydrogen (secondary N) is 1. The van der Waals surface area contributed by atoms with Gasteiger partial charge in [0.05, 0.1) is 29.4 Å². The van der Waals surface area contributed by atoms with Crippen molar-refractivity contribution in [3.63, 3.8) is 0 Å². The van der Waals surface area contributed by atoms with Crippen molar-refractivity contribution in [2.75, 3.05) is 17.9 Å². The molecule has 2 aromatic carbocycles. The van der Waals surface area contributed by atoms with E-state index in [1.165, 1.54) is 42.8 Å². The molecule has 1 N–H and O–H groups in total. The predicted molar refractivity (Wildman–Crippen MR) is 115 cm³/mol. The average molecular weight is 445 g/mol. The number of hydrogen-bond donors (Lipinski definition) is 1. The van der Waals surface area contributed by atoms with Gasteiger partial charge in [-0.1, -0.05) is 11.6 Å². The minimum absolute atomic E-state index is 0.0588. The molecule has 0 unspecified atom stereocenters. The van der Waals surface area contributed by atoms with Crippen LogP contribution in [-0.2, 0) is 14.9 Å². The summed E-state index contributed by atoms with van der Waals surface area (Å²) in [6, 6.07) is 10.5. The van der Waals surface area contributed by atoms with E-state index >= 15 is 0 Å². The zero-order valence-electron chi connectivity index (χ0n) is 17.0. The Kier molecular flexibility index (Phi) is 6.41. The molecule has 1 fully saturated rings. The minimum atomic E-state index is -3.84. The number of rotatable bonds is 5. The summed E-state index contributed by atoms with van der Waals surface area (Å²) in [5, 5.41) is 3.96. The summed E-state index contributed by atoms with van der Waals surface area (Å²) in [5.41, 5.74) is 1.51. The average Bonchev–Trinajstić information content (AvgIpc) is 3.03. The molecule has 4 rings (SSSR count). The Morgan fingerprint density at radius 1 is 0.903 bits per heavy atom. The van der Waals surface area contributed by atoms with E-state index in [-0.39, 0.29) is 4.90 Å². The molecular weight excluding hydrogens is 420 g/mol. The van der Waals surface area contributed by atoms with Gasteiger partial charge in [-0.15, -0.1) is 0 Å². The van der Waals surface area contributed by atoms with Crippen LogP contribution >= 0.6 is 0 Å². The van der Waals surface area contributed by atoms with Gasteiger partial charge in [0.1, 0.15) is 0 Å². The summed E-state index contributed by atoms with van der Waals surface area (Å²) in [4.78, 5) is 17.3. The zero-order chi connectivity index (χ0) is 21.7. The normalized spacial score (nSPS) is 16.2. The van der Waals surface area contributed by atoms with Gasteiger partial charge in [0.25, 0.3) is 10.0 Å². The zero-order valence-corrected chi connectivity index (χ0v) is 17.8. The van der Waals surface area contributed by atoms with Gasteiger partial charge in [0.15, 0.2) is 11.5 Å². The van der Waals surface area contributed by atoms with E-state index < -0.39 is 16.0 Å². The Labute approximate surface area is 181 Å². The van der Waals surface area contributed by atoms with Crippen LogP contribution in [0.3, 0.4) is 0 Å². The molecule has 0 atom stereocenters. The van der Waals surface area contributed by atoms with Gasteiger partial charge in [0.2, 0.25) is 0 Å². The number of benzene rings is 2. The van der Waals surface area contributed by atoms with Gasteiger partial charge in [-0.2, -0.15) is 0 Å². The first-order valence-corrected chi connectivity index (χ1v) is 11.8. The molecule has 9 heteroatoms. The summed E-state index contributed by atoms with van der Waals surface area (Å²) >= 11 is 0.